The Balaban J connectivity index is 1.43. The van der Waals surface area contributed by atoms with Crippen LogP contribution in [0.15, 0.2) is 76.6 Å². The van der Waals surface area contributed by atoms with Crippen LogP contribution in [0.2, 0.25) is 0 Å². The van der Waals surface area contributed by atoms with Gasteiger partial charge in [0.2, 0.25) is 0 Å². The summed E-state index contributed by atoms with van der Waals surface area (Å²) in [6, 6.07) is 20.4. The zero-order chi connectivity index (χ0) is 26.4. The van der Waals surface area contributed by atoms with Crippen LogP contribution >= 0.6 is 11.8 Å². The van der Waals surface area contributed by atoms with Gasteiger partial charge in [-0.05, 0) is 104 Å². The third-order valence-corrected chi connectivity index (χ3v) is 6.82. The number of hydrogen-bond acceptors (Lipinski definition) is 6. The molecule has 0 saturated carbocycles. The Hall–Kier alpha value is -4.04. The first-order chi connectivity index (χ1) is 17.9. The normalized spacial score (nSPS) is 15.4. The zero-order valence-corrected chi connectivity index (χ0v) is 22.1. The number of amides is 2. The Morgan fingerprint density at radius 1 is 1.03 bits per heavy atom. The second-order valence-corrected chi connectivity index (χ2v) is 9.47. The molecule has 0 atom stereocenters. The summed E-state index contributed by atoms with van der Waals surface area (Å²) >= 11 is 1.33. The third-order valence-electron chi connectivity index (χ3n) is 5.82. The molecular formula is C29H29N3O4S. The van der Waals surface area contributed by atoms with Gasteiger partial charge in [0.1, 0.15) is 11.5 Å². The highest BCUT2D eigenvalue weighted by Gasteiger charge is 2.32. The number of carbonyl (C=O) groups is 2. The van der Waals surface area contributed by atoms with Gasteiger partial charge in [0.25, 0.3) is 11.8 Å². The number of hydrogen-bond donors (Lipinski definition) is 1. The lowest BCUT2D eigenvalue weighted by Gasteiger charge is -2.12. The molecule has 1 aliphatic rings. The van der Waals surface area contributed by atoms with Gasteiger partial charge in [0.05, 0.1) is 17.7 Å². The maximum absolute atomic E-state index is 13.0. The standard InChI is InChI=1S/C29H29N3O4S/c1-5-32-28(34)26(37-29(32)31-22-11-13-24(35-4)14-12-22)17-21-7-6-8-25(16-21)36-18-27(33)30-23-10-9-19(2)20(3)15-23/h6-17H,5,18H2,1-4H3,(H,30,33)/b26-17-,31-29?. The molecule has 0 bridgehead atoms. The number of carbonyl (C=O) groups excluding carboxylic acids is 2. The molecule has 37 heavy (non-hydrogen) atoms. The van der Waals surface area contributed by atoms with Crippen molar-refractivity contribution in [3.8, 4) is 11.5 Å². The molecule has 1 N–H and O–H groups in total. The van der Waals surface area contributed by atoms with Crippen molar-refractivity contribution in [3.63, 3.8) is 0 Å². The number of ether oxygens (including phenoxy) is 2. The Kier molecular flexibility index (Phi) is 8.30. The van der Waals surface area contributed by atoms with E-state index >= 15 is 0 Å². The smallest absolute Gasteiger partial charge is 0.266 e. The Labute approximate surface area is 221 Å². The molecular weight excluding hydrogens is 486 g/mol. The molecule has 1 aliphatic heterocycles. The summed E-state index contributed by atoms with van der Waals surface area (Å²) in [6.07, 6.45) is 1.81. The number of aryl methyl sites for hydroxylation is 2. The van der Waals surface area contributed by atoms with E-state index in [0.29, 0.717) is 22.4 Å². The van der Waals surface area contributed by atoms with Crippen LogP contribution in [-0.4, -0.2) is 42.1 Å². The number of nitrogens with zero attached hydrogens (tertiary/aromatic N) is 2. The highest BCUT2D eigenvalue weighted by Crippen LogP contribution is 2.34. The highest BCUT2D eigenvalue weighted by atomic mass is 32.2. The van der Waals surface area contributed by atoms with Gasteiger partial charge in [-0.25, -0.2) is 4.99 Å². The second-order valence-electron chi connectivity index (χ2n) is 8.46. The molecule has 3 aromatic rings. The molecule has 2 amide bonds. The van der Waals surface area contributed by atoms with E-state index in [2.05, 4.69) is 10.3 Å². The number of nitrogens with one attached hydrogen (secondary N) is 1. The highest BCUT2D eigenvalue weighted by molar-refractivity contribution is 8.18. The zero-order valence-electron chi connectivity index (χ0n) is 21.3. The predicted molar refractivity (Wildman–Crippen MR) is 150 cm³/mol. The van der Waals surface area contributed by atoms with E-state index < -0.39 is 0 Å². The summed E-state index contributed by atoms with van der Waals surface area (Å²) in [6.45, 7) is 6.34. The van der Waals surface area contributed by atoms with Crippen molar-refractivity contribution in [2.24, 2.45) is 4.99 Å². The van der Waals surface area contributed by atoms with Crippen LogP contribution in [0.5, 0.6) is 11.5 Å². The van der Waals surface area contributed by atoms with Crippen LogP contribution in [0.3, 0.4) is 0 Å². The minimum absolute atomic E-state index is 0.0983. The van der Waals surface area contributed by atoms with E-state index in [1.54, 1.807) is 24.1 Å². The van der Waals surface area contributed by atoms with E-state index in [9.17, 15) is 9.59 Å². The summed E-state index contributed by atoms with van der Waals surface area (Å²) in [4.78, 5) is 32.2. The first kappa shape index (κ1) is 26.0. The van der Waals surface area contributed by atoms with Gasteiger partial charge in [0, 0.05) is 12.2 Å². The number of likely N-dealkylation sites (N-methyl/N-ethyl adjacent to an activating group) is 1. The summed E-state index contributed by atoms with van der Waals surface area (Å²) in [5.74, 6) is 0.946. The van der Waals surface area contributed by atoms with Gasteiger partial charge in [-0.3, -0.25) is 14.5 Å². The van der Waals surface area contributed by atoms with Gasteiger partial charge in [-0.1, -0.05) is 18.2 Å². The molecule has 8 heteroatoms. The molecule has 1 fully saturated rings. The van der Waals surface area contributed by atoms with Crippen LogP contribution < -0.4 is 14.8 Å². The van der Waals surface area contributed by atoms with E-state index in [0.717, 1.165) is 28.3 Å². The van der Waals surface area contributed by atoms with E-state index in [1.807, 2.05) is 81.4 Å². The first-order valence-corrected chi connectivity index (χ1v) is 12.7. The Morgan fingerprint density at radius 2 is 1.81 bits per heavy atom. The van der Waals surface area contributed by atoms with Gasteiger partial charge < -0.3 is 14.8 Å². The van der Waals surface area contributed by atoms with Crippen LogP contribution in [0.1, 0.15) is 23.6 Å². The van der Waals surface area contributed by atoms with E-state index in [4.69, 9.17) is 9.47 Å². The third kappa shape index (κ3) is 6.59. The van der Waals surface area contributed by atoms with Gasteiger partial charge in [-0.2, -0.15) is 0 Å². The van der Waals surface area contributed by atoms with Gasteiger partial charge in [-0.15, -0.1) is 0 Å². The Bertz CT molecular complexity index is 1370. The maximum atomic E-state index is 13.0. The van der Waals surface area contributed by atoms with Crippen molar-refractivity contribution in [2.45, 2.75) is 20.8 Å². The van der Waals surface area contributed by atoms with Crippen molar-refractivity contribution in [2.75, 3.05) is 25.6 Å². The number of anilines is 1. The largest absolute Gasteiger partial charge is 0.497 e. The lowest BCUT2D eigenvalue weighted by atomic mass is 10.1. The molecule has 190 valence electrons. The SMILES string of the molecule is CCN1C(=O)/C(=C/c2cccc(OCC(=O)Nc3ccc(C)c(C)c3)c2)SC1=Nc1ccc(OC)cc1. The monoisotopic (exact) mass is 515 g/mol. The van der Waals surface area contributed by atoms with Crippen molar-refractivity contribution >= 4 is 46.2 Å². The Morgan fingerprint density at radius 3 is 2.51 bits per heavy atom. The number of benzene rings is 3. The predicted octanol–water partition coefficient (Wildman–Crippen LogP) is 5.95. The molecule has 0 radical (unpaired) electrons. The van der Waals surface area contributed by atoms with Crippen molar-refractivity contribution in [1.29, 1.82) is 0 Å². The van der Waals surface area contributed by atoms with Gasteiger partial charge >= 0.3 is 0 Å². The molecule has 7 nitrogen and oxygen atoms in total. The van der Waals surface area contributed by atoms with Crippen molar-refractivity contribution < 1.29 is 19.1 Å². The number of rotatable bonds is 8. The number of aliphatic imine (C=N–C) groups is 1. The van der Waals surface area contributed by atoms with Crippen LogP contribution in [0.4, 0.5) is 11.4 Å². The fraction of sp³-hybridized carbons (Fsp3) is 0.207. The maximum Gasteiger partial charge on any atom is 0.266 e. The average Bonchev–Trinajstić information content (AvgIpc) is 3.19. The molecule has 0 spiro atoms. The summed E-state index contributed by atoms with van der Waals surface area (Å²) < 4.78 is 10.9. The molecule has 0 aliphatic carbocycles. The number of thioether (sulfide) groups is 1. The van der Waals surface area contributed by atoms with Crippen LogP contribution in [-0.2, 0) is 9.59 Å². The molecule has 1 saturated heterocycles. The lowest BCUT2D eigenvalue weighted by molar-refractivity contribution is -0.122. The average molecular weight is 516 g/mol. The number of methoxy groups -OCH3 is 1. The first-order valence-electron chi connectivity index (χ1n) is 11.9. The van der Waals surface area contributed by atoms with Crippen molar-refractivity contribution in [3.05, 3.63) is 88.3 Å². The van der Waals surface area contributed by atoms with Gasteiger partial charge in [0.15, 0.2) is 11.8 Å². The molecule has 3 aromatic carbocycles. The quantitative estimate of drug-likeness (QED) is 0.375. The topological polar surface area (TPSA) is 80.2 Å². The molecule has 4 rings (SSSR count). The number of amidine groups is 1. The lowest BCUT2D eigenvalue weighted by Crippen LogP contribution is -2.28. The van der Waals surface area contributed by atoms with E-state index in [1.165, 1.54) is 17.3 Å². The summed E-state index contributed by atoms with van der Waals surface area (Å²) in [7, 11) is 1.61. The van der Waals surface area contributed by atoms with Crippen LogP contribution in [0, 0.1) is 13.8 Å². The molecule has 0 aromatic heterocycles. The minimum atomic E-state index is -0.244. The van der Waals surface area contributed by atoms with Crippen LogP contribution in [0.25, 0.3) is 6.08 Å². The fourth-order valence-corrected chi connectivity index (χ4v) is 4.71. The summed E-state index contributed by atoms with van der Waals surface area (Å²) in [5.41, 5.74) is 4.55. The van der Waals surface area contributed by atoms with E-state index in [-0.39, 0.29) is 18.4 Å². The fourth-order valence-electron chi connectivity index (χ4n) is 3.65. The molecule has 0 unspecified atom stereocenters. The summed E-state index contributed by atoms with van der Waals surface area (Å²) in [5, 5.41) is 3.48. The second kappa shape index (κ2) is 11.8. The molecule has 1 heterocycles. The van der Waals surface area contributed by atoms with Crippen molar-refractivity contribution in [1.82, 2.24) is 4.90 Å². The minimum Gasteiger partial charge on any atom is -0.497 e.